The molecule has 14 heteroatoms. The van der Waals surface area contributed by atoms with Crippen LogP contribution >= 0.6 is 0 Å². The standard InChI is InChI=1S/C18H19F11N2O/c1-5-31(4)9-30-12-6-11(3)13(7-10(12)2)32-8-14(19,20)15(21,22)16(23,24)17(25,26)18(27,28)29/h6-7,9H,5,8H2,1-4H3. The number of halogens is 11. The first-order valence-corrected chi connectivity index (χ1v) is 8.79. The van der Waals surface area contributed by atoms with Crippen LogP contribution < -0.4 is 4.74 Å². The average molecular weight is 488 g/mol. The predicted octanol–water partition coefficient (Wildman–Crippen LogP) is 6.40. The fourth-order valence-corrected chi connectivity index (χ4v) is 2.18. The van der Waals surface area contributed by atoms with E-state index >= 15 is 0 Å². The Bertz CT molecular complexity index is 835. The van der Waals surface area contributed by atoms with Gasteiger partial charge in [0.1, 0.15) is 5.75 Å². The maximum atomic E-state index is 13.8. The Labute approximate surface area is 175 Å². The second-order valence-corrected chi connectivity index (χ2v) is 6.94. The Morgan fingerprint density at radius 1 is 0.844 bits per heavy atom. The summed E-state index contributed by atoms with van der Waals surface area (Å²) in [5.74, 6) is -28.6. The molecule has 3 nitrogen and oxygen atoms in total. The first-order chi connectivity index (χ1) is 14.2. The Balaban J connectivity index is 3.17. The van der Waals surface area contributed by atoms with Crippen LogP contribution in [0.1, 0.15) is 18.1 Å². The third-order valence-electron chi connectivity index (χ3n) is 4.40. The third kappa shape index (κ3) is 5.03. The number of hydrogen-bond donors (Lipinski definition) is 0. The maximum Gasteiger partial charge on any atom is 0.460 e. The lowest BCUT2D eigenvalue weighted by Gasteiger charge is -2.37. The SMILES string of the molecule is CCN(C)C=Nc1cc(C)c(OCC(F)(F)C(F)(F)C(F)(F)C(F)(F)C(F)(F)F)cc1C. The summed E-state index contributed by atoms with van der Waals surface area (Å²) in [6, 6.07) is 2.33. The van der Waals surface area contributed by atoms with Crippen LogP contribution in [0.3, 0.4) is 0 Å². The molecule has 0 bridgehead atoms. The molecule has 0 atom stereocenters. The molecule has 0 fully saturated rings. The smallest absolute Gasteiger partial charge is 0.460 e. The molecule has 1 aromatic rings. The molecule has 32 heavy (non-hydrogen) atoms. The van der Waals surface area contributed by atoms with Crippen molar-refractivity contribution in [1.82, 2.24) is 4.90 Å². The van der Waals surface area contributed by atoms with Crippen LogP contribution in [0.15, 0.2) is 17.1 Å². The van der Waals surface area contributed by atoms with E-state index in [0.717, 1.165) is 6.07 Å². The van der Waals surface area contributed by atoms with Crippen molar-refractivity contribution in [2.24, 2.45) is 4.99 Å². The van der Waals surface area contributed by atoms with Crippen molar-refractivity contribution in [3.05, 3.63) is 23.3 Å². The van der Waals surface area contributed by atoms with E-state index in [0.29, 0.717) is 12.2 Å². The lowest BCUT2D eigenvalue weighted by Crippen LogP contribution is -2.67. The molecular formula is C18H19F11N2O. The van der Waals surface area contributed by atoms with Crippen LogP contribution in [-0.4, -0.2) is 61.3 Å². The summed E-state index contributed by atoms with van der Waals surface area (Å²) in [7, 11) is 1.70. The van der Waals surface area contributed by atoms with Gasteiger partial charge in [-0.1, -0.05) is 0 Å². The van der Waals surface area contributed by atoms with Gasteiger partial charge in [-0.15, -0.1) is 0 Å². The van der Waals surface area contributed by atoms with Gasteiger partial charge in [-0.05, 0) is 44.0 Å². The van der Waals surface area contributed by atoms with Gasteiger partial charge >= 0.3 is 29.9 Å². The molecule has 0 aliphatic carbocycles. The number of hydrogen-bond acceptors (Lipinski definition) is 2. The van der Waals surface area contributed by atoms with Crippen LogP contribution in [-0.2, 0) is 0 Å². The molecule has 184 valence electrons. The van der Waals surface area contributed by atoms with Crippen LogP contribution in [0.4, 0.5) is 54.0 Å². The Hall–Kier alpha value is -2.28. The Kier molecular flexibility index (Phi) is 7.74. The highest BCUT2D eigenvalue weighted by Crippen LogP contribution is 2.57. The summed E-state index contributed by atoms with van der Waals surface area (Å²) in [4.78, 5) is 5.78. The van der Waals surface area contributed by atoms with Crippen LogP contribution in [0.2, 0.25) is 0 Å². The molecule has 0 aliphatic heterocycles. The van der Waals surface area contributed by atoms with Gasteiger partial charge in [-0.25, -0.2) is 4.99 Å². The van der Waals surface area contributed by atoms with E-state index < -0.39 is 42.2 Å². The minimum absolute atomic E-state index is 0.0356. The van der Waals surface area contributed by atoms with Crippen molar-refractivity contribution >= 4 is 12.0 Å². The zero-order valence-corrected chi connectivity index (χ0v) is 17.1. The Morgan fingerprint density at radius 2 is 1.38 bits per heavy atom. The molecule has 0 N–H and O–H groups in total. The first kappa shape index (κ1) is 27.8. The average Bonchev–Trinajstić information content (AvgIpc) is 2.65. The van der Waals surface area contributed by atoms with E-state index in [1.54, 1.807) is 11.9 Å². The maximum absolute atomic E-state index is 13.8. The molecule has 0 unspecified atom stereocenters. The van der Waals surface area contributed by atoms with Crippen LogP contribution in [0.25, 0.3) is 0 Å². The minimum Gasteiger partial charge on any atom is -0.487 e. The highest BCUT2D eigenvalue weighted by molar-refractivity contribution is 5.64. The zero-order chi connectivity index (χ0) is 25.3. The zero-order valence-electron chi connectivity index (χ0n) is 17.1. The summed E-state index contributed by atoms with van der Waals surface area (Å²) in [5, 5.41) is 0. The molecule has 0 aromatic heterocycles. The summed E-state index contributed by atoms with van der Waals surface area (Å²) in [5.41, 5.74) is 0.646. The fraction of sp³-hybridized carbons (Fsp3) is 0.611. The van der Waals surface area contributed by atoms with Crippen molar-refractivity contribution in [2.45, 2.75) is 50.6 Å². The van der Waals surface area contributed by atoms with E-state index in [4.69, 9.17) is 0 Å². The quantitative estimate of drug-likeness (QED) is 0.228. The molecule has 0 heterocycles. The summed E-state index contributed by atoms with van der Waals surface area (Å²) < 4.78 is 148. The van der Waals surface area contributed by atoms with Crippen LogP contribution in [0, 0.1) is 13.8 Å². The number of benzene rings is 1. The highest BCUT2D eigenvalue weighted by Gasteiger charge is 2.87. The van der Waals surface area contributed by atoms with E-state index in [2.05, 4.69) is 9.73 Å². The number of rotatable bonds is 9. The van der Waals surface area contributed by atoms with Gasteiger partial charge in [0.05, 0.1) is 12.0 Å². The molecule has 0 spiro atoms. The summed E-state index contributed by atoms with van der Waals surface area (Å²) in [6.07, 6.45) is -5.77. The van der Waals surface area contributed by atoms with Crippen molar-refractivity contribution in [3.8, 4) is 5.75 Å². The highest BCUT2D eigenvalue weighted by atomic mass is 19.4. The van der Waals surface area contributed by atoms with E-state index in [1.165, 1.54) is 26.3 Å². The molecule has 0 saturated carbocycles. The molecule has 0 radical (unpaired) electrons. The molecule has 1 aromatic carbocycles. The first-order valence-electron chi connectivity index (χ1n) is 8.79. The lowest BCUT2D eigenvalue weighted by molar-refractivity contribution is -0.423. The molecule has 0 saturated heterocycles. The van der Waals surface area contributed by atoms with Gasteiger partial charge in [0, 0.05) is 13.6 Å². The number of aliphatic imine (C=N–C) groups is 1. The van der Waals surface area contributed by atoms with Crippen LogP contribution in [0.5, 0.6) is 5.75 Å². The van der Waals surface area contributed by atoms with Gasteiger partial charge in [0.25, 0.3) is 0 Å². The van der Waals surface area contributed by atoms with Gasteiger partial charge in [-0.3, -0.25) is 0 Å². The Morgan fingerprint density at radius 3 is 1.84 bits per heavy atom. The largest absolute Gasteiger partial charge is 0.487 e. The van der Waals surface area contributed by atoms with E-state index in [-0.39, 0.29) is 11.1 Å². The van der Waals surface area contributed by atoms with Crippen molar-refractivity contribution in [2.75, 3.05) is 20.2 Å². The minimum atomic E-state index is -7.46. The summed E-state index contributed by atoms with van der Waals surface area (Å²) >= 11 is 0. The van der Waals surface area contributed by atoms with Crippen molar-refractivity contribution in [3.63, 3.8) is 0 Å². The monoisotopic (exact) mass is 488 g/mol. The number of aryl methyl sites for hydroxylation is 2. The number of alkyl halides is 11. The van der Waals surface area contributed by atoms with Crippen molar-refractivity contribution in [1.29, 1.82) is 0 Å². The molecule has 0 amide bonds. The number of nitrogens with zero attached hydrogens (tertiary/aromatic N) is 2. The van der Waals surface area contributed by atoms with Gasteiger partial charge in [0.15, 0.2) is 6.61 Å². The summed E-state index contributed by atoms with van der Waals surface area (Å²) in [6.45, 7) is 2.52. The molecule has 0 aliphatic rings. The van der Waals surface area contributed by atoms with Gasteiger partial charge < -0.3 is 9.64 Å². The normalized spacial score (nSPS) is 14.2. The molecular weight excluding hydrogens is 469 g/mol. The van der Waals surface area contributed by atoms with Gasteiger partial charge in [-0.2, -0.15) is 48.3 Å². The topological polar surface area (TPSA) is 24.8 Å². The third-order valence-corrected chi connectivity index (χ3v) is 4.40. The fourth-order valence-electron chi connectivity index (χ4n) is 2.18. The molecule has 1 rings (SSSR count). The predicted molar refractivity (Wildman–Crippen MR) is 93.7 cm³/mol. The second kappa shape index (κ2) is 8.93. The van der Waals surface area contributed by atoms with E-state index in [1.807, 2.05) is 6.92 Å². The van der Waals surface area contributed by atoms with Crippen molar-refractivity contribution < 1.29 is 53.0 Å². The van der Waals surface area contributed by atoms with Gasteiger partial charge in [0.2, 0.25) is 0 Å². The number of ether oxygens (including phenoxy) is 1. The lowest BCUT2D eigenvalue weighted by atomic mass is 9.98. The second-order valence-electron chi connectivity index (χ2n) is 6.94. The van der Waals surface area contributed by atoms with E-state index in [9.17, 15) is 48.3 Å².